The molecule has 180 valence electrons. The maximum Gasteiger partial charge on any atom is 0.416 e. The van der Waals surface area contributed by atoms with Crippen molar-refractivity contribution in [3.63, 3.8) is 0 Å². The van der Waals surface area contributed by atoms with Crippen molar-refractivity contribution in [2.75, 3.05) is 21.9 Å². The number of carbonyl (C=O) groups is 1. The van der Waals surface area contributed by atoms with E-state index in [0.29, 0.717) is 11.8 Å². The van der Waals surface area contributed by atoms with Gasteiger partial charge in [-0.1, -0.05) is 26.8 Å². The van der Waals surface area contributed by atoms with E-state index in [2.05, 4.69) is 5.32 Å². The summed E-state index contributed by atoms with van der Waals surface area (Å²) < 4.78 is 73.3. The van der Waals surface area contributed by atoms with Crippen molar-refractivity contribution >= 4 is 39.3 Å². The first-order chi connectivity index (χ1) is 15.2. The second-order valence-electron chi connectivity index (χ2n) is 8.34. The Labute approximate surface area is 194 Å². The highest BCUT2D eigenvalue weighted by molar-refractivity contribution is 8.00. The summed E-state index contributed by atoms with van der Waals surface area (Å²) in [5.41, 5.74) is -0.953. The molecule has 2 aromatic rings. The standard InChI is InChI=1S/C21H23F3N2O5S2/c1-20(2,3)32-12-15-11-26(17-10-14(25-19(27)28)7-8-18(17)31-15)33(29,30)16-6-4-5-13(9-16)21(22,23)24/h4-10,15,25H,11-12H2,1-3H3,(H,27,28). The maximum absolute atomic E-state index is 13.5. The van der Waals surface area contributed by atoms with Gasteiger partial charge in [-0.2, -0.15) is 24.9 Å². The Bertz CT molecular complexity index is 1150. The van der Waals surface area contributed by atoms with E-state index in [-0.39, 0.29) is 28.4 Å². The van der Waals surface area contributed by atoms with Crippen LogP contribution in [0.2, 0.25) is 0 Å². The van der Waals surface area contributed by atoms with Gasteiger partial charge in [-0.3, -0.25) is 9.62 Å². The number of amides is 1. The number of fused-ring (bicyclic) bond motifs is 1. The molecule has 0 aromatic heterocycles. The number of alkyl halides is 3. The van der Waals surface area contributed by atoms with E-state index in [1.165, 1.54) is 18.2 Å². The number of hydrogen-bond acceptors (Lipinski definition) is 5. The van der Waals surface area contributed by atoms with E-state index in [0.717, 1.165) is 22.5 Å². The summed E-state index contributed by atoms with van der Waals surface area (Å²) in [4.78, 5) is 10.5. The largest absolute Gasteiger partial charge is 0.485 e. The highest BCUT2D eigenvalue weighted by atomic mass is 32.2. The van der Waals surface area contributed by atoms with Crippen molar-refractivity contribution in [2.45, 2.75) is 42.7 Å². The fourth-order valence-corrected chi connectivity index (χ4v) is 5.54. The second-order valence-corrected chi connectivity index (χ2v) is 12.0. The summed E-state index contributed by atoms with van der Waals surface area (Å²) in [5, 5.41) is 11.1. The summed E-state index contributed by atoms with van der Waals surface area (Å²) in [7, 11) is -4.42. The molecule has 2 N–H and O–H groups in total. The van der Waals surface area contributed by atoms with Crippen LogP contribution >= 0.6 is 11.8 Å². The lowest BCUT2D eigenvalue weighted by atomic mass is 10.2. The smallest absolute Gasteiger partial charge is 0.416 e. The number of anilines is 2. The van der Waals surface area contributed by atoms with E-state index >= 15 is 0 Å². The Balaban J connectivity index is 2.06. The number of sulfonamides is 1. The third-order valence-corrected chi connectivity index (χ3v) is 7.77. The zero-order chi connectivity index (χ0) is 24.6. The zero-order valence-electron chi connectivity index (χ0n) is 18.0. The van der Waals surface area contributed by atoms with Crippen LogP contribution in [0, 0.1) is 0 Å². The van der Waals surface area contributed by atoms with Crippen LogP contribution in [0.25, 0.3) is 0 Å². The number of thioether (sulfide) groups is 1. The lowest BCUT2D eigenvalue weighted by Crippen LogP contribution is -2.45. The fourth-order valence-electron chi connectivity index (χ4n) is 3.13. The average molecular weight is 505 g/mol. The van der Waals surface area contributed by atoms with E-state index in [1.54, 1.807) is 11.8 Å². The Morgan fingerprint density at radius 1 is 1.21 bits per heavy atom. The predicted molar refractivity (Wildman–Crippen MR) is 121 cm³/mol. The number of hydrogen-bond donors (Lipinski definition) is 2. The Morgan fingerprint density at radius 2 is 1.91 bits per heavy atom. The number of nitrogens with zero attached hydrogens (tertiary/aromatic N) is 1. The monoisotopic (exact) mass is 504 g/mol. The molecule has 0 bridgehead atoms. The third kappa shape index (κ3) is 6.05. The van der Waals surface area contributed by atoms with Crippen molar-refractivity contribution in [3.05, 3.63) is 48.0 Å². The molecule has 1 aliphatic heterocycles. The van der Waals surface area contributed by atoms with Crippen LogP contribution in [0.4, 0.5) is 29.3 Å². The minimum atomic E-state index is -4.71. The van der Waals surface area contributed by atoms with Crippen LogP contribution in [-0.4, -0.2) is 42.8 Å². The van der Waals surface area contributed by atoms with Crippen LogP contribution in [0.1, 0.15) is 26.3 Å². The van der Waals surface area contributed by atoms with Crippen molar-refractivity contribution in [1.29, 1.82) is 0 Å². The molecule has 0 spiro atoms. The highest BCUT2D eigenvalue weighted by Gasteiger charge is 2.37. The molecule has 1 atom stereocenters. The quantitative estimate of drug-likeness (QED) is 0.575. The third-order valence-electron chi connectivity index (χ3n) is 4.59. The number of rotatable bonds is 5. The number of halogens is 3. The van der Waals surface area contributed by atoms with Crippen molar-refractivity contribution in [1.82, 2.24) is 0 Å². The molecule has 33 heavy (non-hydrogen) atoms. The molecule has 0 radical (unpaired) electrons. The summed E-state index contributed by atoms with van der Waals surface area (Å²) in [6, 6.07) is 7.64. The van der Waals surface area contributed by atoms with Gasteiger partial charge in [0.2, 0.25) is 0 Å². The van der Waals surface area contributed by atoms with E-state index < -0.39 is 38.9 Å². The normalized spacial score (nSPS) is 16.7. The lowest BCUT2D eigenvalue weighted by molar-refractivity contribution is -0.137. The minimum absolute atomic E-state index is 0.0377. The first kappa shape index (κ1) is 25.0. The van der Waals surface area contributed by atoms with Gasteiger partial charge < -0.3 is 9.84 Å². The maximum atomic E-state index is 13.5. The lowest BCUT2D eigenvalue weighted by Gasteiger charge is -2.36. The molecule has 0 aliphatic carbocycles. The van der Waals surface area contributed by atoms with Gasteiger partial charge in [0.1, 0.15) is 11.9 Å². The summed E-state index contributed by atoms with van der Waals surface area (Å²) in [5.74, 6) is 0.624. The highest BCUT2D eigenvalue weighted by Crippen LogP contribution is 2.41. The first-order valence-corrected chi connectivity index (χ1v) is 12.2. The van der Waals surface area contributed by atoms with Gasteiger partial charge in [0.05, 0.1) is 22.7 Å². The van der Waals surface area contributed by atoms with Crippen molar-refractivity contribution in [3.8, 4) is 5.75 Å². The topological polar surface area (TPSA) is 95.9 Å². The van der Waals surface area contributed by atoms with Crippen molar-refractivity contribution in [2.24, 2.45) is 0 Å². The number of ether oxygens (including phenoxy) is 1. The summed E-state index contributed by atoms with van der Waals surface area (Å²) >= 11 is 1.56. The van der Waals surface area contributed by atoms with Crippen LogP contribution < -0.4 is 14.4 Å². The van der Waals surface area contributed by atoms with E-state index in [1.807, 2.05) is 20.8 Å². The number of benzene rings is 2. The van der Waals surface area contributed by atoms with Gasteiger partial charge in [-0.05, 0) is 36.4 Å². The fraction of sp³-hybridized carbons (Fsp3) is 0.381. The molecule has 0 fully saturated rings. The molecule has 1 unspecified atom stereocenters. The Kier molecular flexibility index (Phi) is 6.81. The van der Waals surface area contributed by atoms with Gasteiger partial charge in [-0.25, -0.2) is 13.2 Å². The molecule has 7 nitrogen and oxygen atoms in total. The molecule has 1 amide bonds. The molecule has 12 heteroatoms. The molecule has 2 aromatic carbocycles. The van der Waals surface area contributed by atoms with Gasteiger partial charge in [0.15, 0.2) is 0 Å². The van der Waals surface area contributed by atoms with Crippen LogP contribution in [-0.2, 0) is 16.2 Å². The molecular formula is C21H23F3N2O5S2. The first-order valence-electron chi connectivity index (χ1n) is 9.81. The van der Waals surface area contributed by atoms with Gasteiger partial charge in [0, 0.05) is 16.2 Å². The minimum Gasteiger partial charge on any atom is -0.485 e. The van der Waals surface area contributed by atoms with Crippen molar-refractivity contribution < 1.29 is 36.2 Å². The second kappa shape index (κ2) is 8.98. The van der Waals surface area contributed by atoms with Gasteiger partial charge >= 0.3 is 12.3 Å². The molecular weight excluding hydrogens is 481 g/mol. The van der Waals surface area contributed by atoms with Crippen LogP contribution in [0.15, 0.2) is 47.4 Å². The molecule has 0 saturated carbocycles. The zero-order valence-corrected chi connectivity index (χ0v) is 19.6. The molecule has 1 aliphatic rings. The predicted octanol–water partition coefficient (Wildman–Crippen LogP) is 5.28. The molecule has 3 rings (SSSR count). The Hall–Kier alpha value is -2.60. The number of carboxylic acid groups (broad SMARTS) is 1. The molecule has 1 heterocycles. The van der Waals surface area contributed by atoms with E-state index in [4.69, 9.17) is 9.84 Å². The van der Waals surface area contributed by atoms with Gasteiger partial charge in [-0.15, -0.1) is 0 Å². The SMILES string of the molecule is CC(C)(C)SCC1CN(S(=O)(=O)c2cccc(C(F)(F)F)c2)c2cc(NC(=O)O)ccc2O1. The average Bonchev–Trinajstić information content (AvgIpc) is 2.70. The summed E-state index contributed by atoms with van der Waals surface area (Å²) in [6.07, 6.45) is -6.63. The van der Waals surface area contributed by atoms with Crippen LogP contribution in [0.5, 0.6) is 5.75 Å². The molecule has 0 saturated heterocycles. The van der Waals surface area contributed by atoms with Crippen LogP contribution in [0.3, 0.4) is 0 Å². The Morgan fingerprint density at radius 3 is 2.52 bits per heavy atom. The number of nitrogens with one attached hydrogen (secondary N) is 1. The summed E-state index contributed by atoms with van der Waals surface area (Å²) in [6.45, 7) is 5.84. The van der Waals surface area contributed by atoms with E-state index in [9.17, 15) is 26.4 Å². The van der Waals surface area contributed by atoms with Gasteiger partial charge in [0.25, 0.3) is 10.0 Å².